The molecule has 1 atom stereocenters. The Morgan fingerprint density at radius 2 is 2.11 bits per heavy atom. The Bertz CT molecular complexity index is 489. The van der Waals surface area contributed by atoms with Crippen LogP contribution in [-0.2, 0) is 6.42 Å². The number of hydrogen-bond acceptors (Lipinski definition) is 3. The summed E-state index contributed by atoms with van der Waals surface area (Å²) in [4.78, 5) is 4.26. The van der Waals surface area contributed by atoms with Crippen LogP contribution in [0.1, 0.15) is 40.9 Å². The largest absolute Gasteiger partial charge is 0.305 e. The Labute approximate surface area is 125 Å². The molecule has 0 aromatic carbocycles. The molecule has 0 radical (unpaired) electrons. The second-order valence-electron chi connectivity index (χ2n) is 4.18. The number of nitrogens with one attached hydrogen (secondary N) is 1. The van der Waals surface area contributed by atoms with Crippen molar-refractivity contribution in [2.45, 2.75) is 32.7 Å². The summed E-state index contributed by atoms with van der Waals surface area (Å²) in [5.74, 6) is 0. The van der Waals surface area contributed by atoms with Crippen LogP contribution in [0.4, 0.5) is 0 Å². The molecular weight excluding hydrogens is 326 g/mol. The molecule has 1 N–H and O–H groups in total. The predicted octanol–water partition coefficient (Wildman–Crippen LogP) is 5.22. The molecule has 0 saturated carbocycles. The first kappa shape index (κ1) is 14.3. The summed E-state index contributed by atoms with van der Waals surface area (Å²) in [6.45, 7) is 5.47. The van der Waals surface area contributed by atoms with Gasteiger partial charge in [0.1, 0.15) is 0 Å². The fraction of sp³-hybridized carbons (Fsp3) is 0.429. The molecule has 18 heavy (non-hydrogen) atoms. The Morgan fingerprint density at radius 1 is 1.28 bits per heavy atom. The van der Waals surface area contributed by atoms with E-state index in [2.05, 4.69) is 58.7 Å². The van der Waals surface area contributed by atoms with Gasteiger partial charge in [-0.2, -0.15) is 0 Å². The molecule has 0 aliphatic rings. The standard InChI is InChI=1S/C14H18BrNS2/c1-3-8-16-13(14-11(15)7-9-17-14)12-6-5-10(4-2)18-12/h5-7,9,13,16H,3-4,8H2,1-2H3. The van der Waals surface area contributed by atoms with Crippen molar-refractivity contribution in [1.82, 2.24) is 5.32 Å². The number of hydrogen-bond donors (Lipinski definition) is 1. The minimum atomic E-state index is 0.338. The van der Waals surface area contributed by atoms with Gasteiger partial charge in [0.2, 0.25) is 0 Å². The zero-order valence-electron chi connectivity index (χ0n) is 10.7. The molecule has 2 heterocycles. The van der Waals surface area contributed by atoms with E-state index < -0.39 is 0 Å². The highest BCUT2D eigenvalue weighted by molar-refractivity contribution is 9.10. The van der Waals surface area contributed by atoms with Crippen LogP contribution in [0.2, 0.25) is 0 Å². The second kappa shape index (κ2) is 6.85. The van der Waals surface area contributed by atoms with Crippen LogP contribution in [0.5, 0.6) is 0 Å². The first-order valence-electron chi connectivity index (χ1n) is 6.31. The fourth-order valence-corrected chi connectivity index (χ4v) is 4.67. The Kier molecular flexibility index (Phi) is 5.42. The minimum absolute atomic E-state index is 0.338. The SMILES string of the molecule is CCCNC(c1ccc(CC)s1)c1sccc1Br. The molecule has 2 aromatic heterocycles. The van der Waals surface area contributed by atoms with Crippen LogP contribution in [-0.4, -0.2) is 6.54 Å². The molecule has 98 valence electrons. The zero-order chi connectivity index (χ0) is 13.0. The average Bonchev–Trinajstić information content (AvgIpc) is 3.00. The van der Waals surface area contributed by atoms with E-state index in [1.54, 1.807) is 0 Å². The van der Waals surface area contributed by atoms with E-state index in [9.17, 15) is 0 Å². The van der Waals surface area contributed by atoms with Crippen molar-refractivity contribution in [1.29, 1.82) is 0 Å². The van der Waals surface area contributed by atoms with Crippen molar-refractivity contribution in [3.8, 4) is 0 Å². The van der Waals surface area contributed by atoms with Crippen LogP contribution in [0.15, 0.2) is 28.1 Å². The second-order valence-corrected chi connectivity index (χ2v) is 7.18. The van der Waals surface area contributed by atoms with Crippen molar-refractivity contribution in [2.24, 2.45) is 0 Å². The number of halogens is 1. The highest BCUT2D eigenvalue weighted by atomic mass is 79.9. The molecule has 4 heteroatoms. The van der Waals surface area contributed by atoms with Crippen molar-refractivity contribution in [2.75, 3.05) is 6.54 Å². The van der Waals surface area contributed by atoms with Gasteiger partial charge in [-0.15, -0.1) is 22.7 Å². The third kappa shape index (κ3) is 3.23. The number of rotatable bonds is 6. The van der Waals surface area contributed by atoms with Crippen molar-refractivity contribution in [3.63, 3.8) is 0 Å². The van der Waals surface area contributed by atoms with E-state index in [-0.39, 0.29) is 0 Å². The Balaban J connectivity index is 2.27. The van der Waals surface area contributed by atoms with E-state index in [0.29, 0.717) is 6.04 Å². The van der Waals surface area contributed by atoms with Gasteiger partial charge in [-0.1, -0.05) is 13.8 Å². The van der Waals surface area contributed by atoms with Gasteiger partial charge >= 0.3 is 0 Å². The molecule has 2 aromatic rings. The maximum Gasteiger partial charge on any atom is 0.0776 e. The van der Waals surface area contributed by atoms with Gasteiger partial charge in [-0.3, -0.25) is 0 Å². The van der Waals surface area contributed by atoms with E-state index >= 15 is 0 Å². The lowest BCUT2D eigenvalue weighted by Gasteiger charge is -2.16. The van der Waals surface area contributed by atoms with Crippen LogP contribution in [0.25, 0.3) is 0 Å². The van der Waals surface area contributed by atoms with Crippen molar-refractivity contribution in [3.05, 3.63) is 42.7 Å². The smallest absolute Gasteiger partial charge is 0.0776 e. The highest BCUT2D eigenvalue weighted by Gasteiger charge is 2.19. The Hall–Kier alpha value is -0.160. The molecule has 0 saturated heterocycles. The summed E-state index contributed by atoms with van der Waals surface area (Å²) in [5, 5.41) is 5.80. The Morgan fingerprint density at radius 3 is 2.67 bits per heavy atom. The fourth-order valence-electron chi connectivity index (χ4n) is 1.86. The van der Waals surface area contributed by atoms with E-state index in [1.807, 2.05) is 22.7 Å². The van der Waals surface area contributed by atoms with Crippen LogP contribution < -0.4 is 5.32 Å². The molecule has 0 spiro atoms. The van der Waals surface area contributed by atoms with Gasteiger partial charge in [0, 0.05) is 19.1 Å². The number of aryl methyl sites for hydroxylation is 1. The van der Waals surface area contributed by atoms with Crippen LogP contribution in [0.3, 0.4) is 0 Å². The molecule has 1 nitrogen and oxygen atoms in total. The summed E-state index contributed by atoms with van der Waals surface area (Å²) in [6.07, 6.45) is 2.28. The maximum atomic E-state index is 3.66. The van der Waals surface area contributed by atoms with E-state index in [4.69, 9.17) is 0 Å². The molecule has 0 bridgehead atoms. The summed E-state index contributed by atoms with van der Waals surface area (Å²) in [6, 6.07) is 6.99. The molecule has 0 fully saturated rings. The maximum absolute atomic E-state index is 3.66. The van der Waals surface area contributed by atoms with E-state index in [0.717, 1.165) is 19.4 Å². The lowest BCUT2D eigenvalue weighted by Crippen LogP contribution is -2.21. The first-order valence-corrected chi connectivity index (χ1v) is 8.80. The van der Waals surface area contributed by atoms with Gasteiger partial charge in [-0.25, -0.2) is 0 Å². The molecule has 0 aliphatic carbocycles. The minimum Gasteiger partial charge on any atom is -0.305 e. The molecule has 1 unspecified atom stereocenters. The summed E-state index contributed by atoms with van der Waals surface area (Å²) < 4.78 is 1.22. The summed E-state index contributed by atoms with van der Waals surface area (Å²) in [7, 11) is 0. The molecule has 0 amide bonds. The summed E-state index contributed by atoms with van der Waals surface area (Å²) in [5.41, 5.74) is 0. The van der Waals surface area contributed by atoms with E-state index in [1.165, 1.54) is 19.1 Å². The van der Waals surface area contributed by atoms with Crippen LogP contribution >= 0.6 is 38.6 Å². The monoisotopic (exact) mass is 343 g/mol. The zero-order valence-corrected chi connectivity index (χ0v) is 13.9. The topological polar surface area (TPSA) is 12.0 Å². The summed E-state index contributed by atoms with van der Waals surface area (Å²) >= 11 is 7.39. The molecule has 0 aliphatic heterocycles. The quantitative estimate of drug-likeness (QED) is 0.757. The predicted molar refractivity (Wildman–Crippen MR) is 85.9 cm³/mol. The lowest BCUT2D eigenvalue weighted by atomic mass is 10.2. The van der Waals surface area contributed by atoms with Gasteiger partial charge in [0.15, 0.2) is 0 Å². The molecule has 2 rings (SSSR count). The molecular formula is C14H18BrNS2. The van der Waals surface area contributed by atoms with Gasteiger partial charge in [0.25, 0.3) is 0 Å². The van der Waals surface area contributed by atoms with Gasteiger partial charge in [-0.05, 0) is 58.9 Å². The lowest BCUT2D eigenvalue weighted by molar-refractivity contribution is 0.612. The van der Waals surface area contributed by atoms with Gasteiger partial charge in [0.05, 0.1) is 6.04 Å². The number of thiophene rings is 2. The average molecular weight is 344 g/mol. The third-order valence-corrected chi connectivity index (χ3v) is 6.05. The van der Waals surface area contributed by atoms with Crippen molar-refractivity contribution < 1.29 is 0 Å². The van der Waals surface area contributed by atoms with Crippen molar-refractivity contribution >= 4 is 38.6 Å². The van der Waals surface area contributed by atoms with Gasteiger partial charge < -0.3 is 5.32 Å². The van der Waals surface area contributed by atoms with Crippen LogP contribution in [0, 0.1) is 0 Å². The third-order valence-electron chi connectivity index (χ3n) is 2.82. The normalized spacial score (nSPS) is 12.8. The highest BCUT2D eigenvalue weighted by Crippen LogP contribution is 2.36. The first-order chi connectivity index (χ1) is 8.76.